The van der Waals surface area contributed by atoms with Crippen LogP contribution in [0.2, 0.25) is 0 Å². The van der Waals surface area contributed by atoms with Gasteiger partial charge in [0.15, 0.2) is 0 Å². The van der Waals surface area contributed by atoms with Crippen LogP contribution in [-0.2, 0) is 12.8 Å². The molecule has 0 saturated heterocycles. The van der Waals surface area contributed by atoms with Gasteiger partial charge < -0.3 is 5.73 Å². The van der Waals surface area contributed by atoms with Gasteiger partial charge in [0.05, 0.1) is 0 Å². The van der Waals surface area contributed by atoms with Crippen LogP contribution in [0.1, 0.15) is 49.8 Å². The van der Waals surface area contributed by atoms with Crippen LogP contribution < -0.4 is 5.73 Å². The fourth-order valence-electron chi connectivity index (χ4n) is 1.95. The minimum Gasteiger partial charge on any atom is -0.330 e. The Morgan fingerprint density at radius 1 is 1.27 bits per heavy atom. The molecule has 0 aromatic heterocycles. The van der Waals surface area contributed by atoms with Crippen molar-refractivity contribution < 1.29 is 0 Å². The maximum atomic E-state index is 5.57. The highest BCUT2D eigenvalue weighted by Crippen LogP contribution is 2.22. The molecule has 0 aliphatic rings. The molecule has 0 bridgehead atoms. The molecule has 0 unspecified atom stereocenters. The number of hydrogen-bond donors (Lipinski definition) is 1. The number of hydrogen-bond acceptors (Lipinski definition) is 1. The number of aryl methyl sites for hydroxylation is 2. The monoisotopic (exact) mass is 205 g/mol. The van der Waals surface area contributed by atoms with Gasteiger partial charge in [-0.1, -0.05) is 39.0 Å². The van der Waals surface area contributed by atoms with Crippen LogP contribution in [0.4, 0.5) is 0 Å². The van der Waals surface area contributed by atoms with Gasteiger partial charge in [-0.15, -0.1) is 0 Å². The molecular weight excluding hydrogens is 182 g/mol. The third-order valence-corrected chi connectivity index (χ3v) is 2.89. The van der Waals surface area contributed by atoms with Gasteiger partial charge in [0.1, 0.15) is 0 Å². The van der Waals surface area contributed by atoms with Gasteiger partial charge in [0.2, 0.25) is 0 Å². The van der Waals surface area contributed by atoms with E-state index >= 15 is 0 Å². The quantitative estimate of drug-likeness (QED) is 0.784. The van der Waals surface area contributed by atoms with Crippen molar-refractivity contribution in [1.82, 2.24) is 0 Å². The van der Waals surface area contributed by atoms with Gasteiger partial charge in [-0.2, -0.15) is 0 Å². The molecule has 0 aliphatic heterocycles. The summed E-state index contributed by atoms with van der Waals surface area (Å²) < 4.78 is 0. The Balaban J connectivity index is 2.94. The van der Waals surface area contributed by atoms with Crippen molar-refractivity contribution in [2.75, 3.05) is 6.54 Å². The number of rotatable bonds is 5. The van der Waals surface area contributed by atoms with E-state index in [9.17, 15) is 0 Å². The molecule has 15 heavy (non-hydrogen) atoms. The van der Waals surface area contributed by atoms with E-state index in [1.165, 1.54) is 16.7 Å². The minimum atomic E-state index is 0.615. The Labute approximate surface area is 93.7 Å². The Morgan fingerprint density at radius 2 is 2.00 bits per heavy atom. The van der Waals surface area contributed by atoms with Crippen molar-refractivity contribution in [3.05, 3.63) is 34.9 Å². The van der Waals surface area contributed by atoms with E-state index < -0.39 is 0 Å². The van der Waals surface area contributed by atoms with Crippen molar-refractivity contribution in [2.24, 2.45) is 5.73 Å². The van der Waals surface area contributed by atoms with Gasteiger partial charge >= 0.3 is 0 Å². The highest BCUT2D eigenvalue weighted by Gasteiger charge is 2.06. The molecule has 1 aromatic rings. The highest BCUT2D eigenvalue weighted by atomic mass is 14.5. The topological polar surface area (TPSA) is 26.0 Å². The lowest BCUT2D eigenvalue weighted by molar-refractivity contribution is 0.788. The first-order valence-electron chi connectivity index (χ1n) is 6.00. The molecule has 1 heteroatoms. The van der Waals surface area contributed by atoms with Crippen molar-refractivity contribution in [1.29, 1.82) is 0 Å². The van der Waals surface area contributed by atoms with Crippen LogP contribution >= 0.6 is 0 Å². The second-order valence-corrected chi connectivity index (χ2v) is 4.43. The molecule has 0 atom stereocenters. The van der Waals surface area contributed by atoms with E-state index in [4.69, 9.17) is 5.73 Å². The molecule has 2 N–H and O–H groups in total. The van der Waals surface area contributed by atoms with Gasteiger partial charge in [-0.25, -0.2) is 0 Å². The predicted octanol–water partition coefficient (Wildman–Crippen LogP) is 3.26. The average molecular weight is 205 g/mol. The number of nitrogens with two attached hydrogens (primary N) is 1. The van der Waals surface area contributed by atoms with Crippen molar-refractivity contribution in [2.45, 2.75) is 46.0 Å². The zero-order valence-corrected chi connectivity index (χ0v) is 10.2. The van der Waals surface area contributed by atoms with Gasteiger partial charge in [0.25, 0.3) is 0 Å². The summed E-state index contributed by atoms with van der Waals surface area (Å²) >= 11 is 0. The van der Waals surface area contributed by atoms with Crippen LogP contribution in [0.15, 0.2) is 18.2 Å². The first-order valence-corrected chi connectivity index (χ1v) is 6.00. The predicted molar refractivity (Wildman–Crippen MR) is 67.3 cm³/mol. The third kappa shape index (κ3) is 3.35. The molecule has 0 fully saturated rings. The lowest BCUT2D eigenvalue weighted by Gasteiger charge is -2.14. The Kier molecular flexibility index (Phi) is 4.83. The van der Waals surface area contributed by atoms with Crippen molar-refractivity contribution in [3.63, 3.8) is 0 Å². The van der Waals surface area contributed by atoms with Crippen molar-refractivity contribution in [3.8, 4) is 0 Å². The largest absolute Gasteiger partial charge is 0.330 e. The number of benzene rings is 1. The summed E-state index contributed by atoms with van der Waals surface area (Å²) in [5.74, 6) is 0.615. The first kappa shape index (κ1) is 12.3. The van der Waals surface area contributed by atoms with E-state index in [0.717, 1.165) is 25.8 Å². The van der Waals surface area contributed by atoms with Crippen LogP contribution in [0.5, 0.6) is 0 Å². The first-order chi connectivity index (χ1) is 7.19. The Morgan fingerprint density at radius 3 is 2.53 bits per heavy atom. The standard InChI is InChI=1S/C14H23N/c1-4-12-7-8-14(11(2)3)13(10-12)6-5-9-15/h7-8,10-11H,4-6,9,15H2,1-3H3. The average Bonchev–Trinajstić information content (AvgIpc) is 2.25. The third-order valence-electron chi connectivity index (χ3n) is 2.89. The molecule has 0 aliphatic carbocycles. The molecule has 0 spiro atoms. The van der Waals surface area contributed by atoms with E-state index in [2.05, 4.69) is 39.0 Å². The van der Waals surface area contributed by atoms with Crippen LogP contribution in [0, 0.1) is 0 Å². The highest BCUT2D eigenvalue weighted by molar-refractivity contribution is 5.34. The Bertz CT molecular complexity index is 302. The fraction of sp³-hybridized carbons (Fsp3) is 0.571. The van der Waals surface area contributed by atoms with E-state index in [-0.39, 0.29) is 0 Å². The molecule has 0 heterocycles. The summed E-state index contributed by atoms with van der Waals surface area (Å²) in [6.45, 7) is 7.50. The fourth-order valence-corrected chi connectivity index (χ4v) is 1.95. The van der Waals surface area contributed by atoms with Gasteiger partial charge in [0, 0.05) is 0 Å². The molecule has 0 saturated carbocycles. The normalized spacial score (nSPS) is 11.0. The molecule has 1 aromatic carbocycles. The van der Waals surface area contributed by atoms with E-state index in [1.54, 1.807) is 0 Å². The van der Waals surface area contributed by atoms with Gasteiger partial charge in [-0.05, 0) is 48.4 Å². The zero-order valence-electron chi connectivity index (χ0n) is 10.2. The van der Waals surface area contributed by atoms with E-state index in [0.29, 0.717) is 5.92 Å². The summed E-state index contributed by atoms with van der Waals surface area (Å²) in [4.78, 5) is 0. The zero-order chi connectivity index (χ0) is 11.3. The van der Waals surface area contributed by atoms with Crippen LogP contribution in [0.3, 0.4) is 0 Å². The minimum absolute atomic E-state index is 0.615. The SMILES string of the molecule is CCc1ccc(C(C)C)c(CCCN)c1. The molecule has 1 nitrogen and oxygen atoms in total. The van der Waals surface area contributed by atoms with E-state index in [1.807, 2.05) is 0 Å². The smallest absolute Gasteiger partial charge is 0.00741 e. The lowest BCUT2D eigenvalue weighted by Crippen LogP contribution is -2.04. The van der Waals surface area contributed by atoms with Gasteiger partial charge in [-0.3, -0.25) is 0 Å². The van der Waals surface area contributed by atoms with Crippen LogP contribution in [-0.4, -0.2) is 6.54 Å². The maximum absolute atomic E-state index is 5.57. The molecular formula is C14H23N. The Hall–Kier alpha value is -0.820. The second-order valence-electron chi connectivity index (χ2n) is 4.43. The molecule has 84 valence electrons. The summed E-state index contributed by atoms with van der Waals surface area (Å²) in [5.41, 5.74) is 9.99. The maximum Gasteiger partial charge on any atom is -0.00741 e. The molecule has 0 amide bonds. The van der Waals surface area contributed by atoms with Crippen LogP contribution in [0.25, 0.3) is 0 Å². The van der Waals surface area contributed by atoms with Crippen molar-refractivity contribution >= 4 is 0 Å². The second kappa shape index (κ2) is 5.92. The summed E-state index contributed by atoms with van der Waals surface area (Å²) in [5, 5.41) is 0. The lowest BCUT2D eigenvalue weighted by atomic mass is 9.92. The molecule has 0 radical (unpaired) electrons. The summed E-state index contributed by atoms with van der Waals surface area (Å²) in [7, 11) is 0. The summed E-state index contributed by atoms with van der Waals surface area (Å²) in [6.07, 6.45) is 3.33. The molecule has 1 rings (SSSR count). The summed E-state index contributed by atoms with van der Waals surface area (Å²) in [6, 6.07) is 6.89.